The lowest BCUT2D eigenvalue weighted by atomic mass is 10.3. The second kappa shape index (κ2) is 8.64. The Kier molecular flexibility index (Phi) is 6.39. The van der Waals surface area contributed by atoms with Gasteiger partial charge in [0.1, 0.15) is 11.5 Å². The van der Waals surface area contributed by atoms with Crippen molar-refractivity contribution in [3.8, 4) is 5.75 Å². The number of benzene rings is 2. The molecule has 0 saturated carbocycles. The van der Waals surface area contributed by atoms with Crippen molar-refractivity contribution in [2.75, 3.05) is 17.1 Å². The molecule has 29 heavy (non-hydrogen) atoms. The van der Waals surface area contributed by atoms with Crippen molar-refractivity contribution >= 4 is 61.4 Å². The molecule has 1 aromatic heterocycles. The Hall–Kier alpha value is -2.24. The first kappa shape index (κ1) is 21.5. The lowest BCUT2D eigenvalue weighted by Gasteiger charge is -2.20. The van der Waals surface area contributed by atoms with Crippen LogP contribution in [0.5, 0.6) is 5.75 Å². The molecular formula is C19H17ClIN3O4S. The molecule has 2 aromatic carbocycles. The molecular weight excluding hydrogens is 529 g/mol. The first-order valence-electron chi connectivity index (χ1n) is 8.31. The predicted molar refractivity (Wildman–Crippen MR) is 123 cm³/mol. The molecule has 0 bridgehead atoms. The second-order valence-electron chi connectivity index (χ2n) is 6.00. The fraction of sp³-hybridized carbons (Fsp3) is 0.105. The third-order valence-electron chi connectivity index (χ3n) is 4.10. The highest BCUT2D eigenvalue weighted by molar-refractivity contribution is 14.1. The summed E-state index contributed by atoms with van der Waals surface area (Å²) in [6, 6.07) is 14.4. The molecule has 2 N–H and O–H groups in total. The third kappa shape index (κ3) is 4.68. The monoisotopic (exact) mass is 545 g/mol. The molecule has 3 aromatic rings. The van der Waals surface area contributed by atoms with Gasteiger partial charge in [-0.25, -0.2) is 8.42 Å². The number of methoxy groups -OCH3 is 1. The van der Waals surface area contributed by atoms with Crippen LogP contribution in [0.1, 0.15) is 0 Å². The number of rotatable bonds is 6. The first-order chi connectivity index (χ1) is 13.7. The van der Waals surface area contributed by atoms with E-state index in [1.807, 2.05) is 6.07 Å². The maximum atomic E-state index is 12.9. The smallest absolute Gasteiger partial charge is 0.262 e. The molecule has 1 heterocycles. The van der Waals surface area contributed by atoms with E-state index in [1.165, 1.54) is 36.9 Å². The number of nitrogens with zero attached hydrogens (tertiary/aromatic N) is 1. The van der Waals surface area contributed by atoms with E-state index in [-0.39, 0.29) is 27.7 Å². The Morgan fingerprint density at radius 3 is 2.41 bits per heavy atom. The van der Waals surface area contributed by atoms with Crippen LogP contribution in [0.4, 0.5) is 17.2 Å². The third-order valence-corrected chi connectivity index (χ3v) is 6.45. The van der Waals surface area contributed by atoms with Crippen molar-refractivity contribution in [2.45, 2.75) is 4.90 Å². The van der Waals surface area contributed by atoms with E-state index in [4.69, 9.17) is 16.3 Å². The van der Waals surface area contributed by atoms with Crippen molar-refractivity contribution < 1.29 is 13.2 Å². The van der Waals surface area contributed by atoms with Crippen LogP contribution >= 0.6 is 34.2 Å². The number of nitrogens with one attached hydrogen (secondary N) is 2. The molecule has 0 spiro atoms. The van der Waals surface area contributed by atoms with Crippen molar-refractivity contribution in [3.05, 3.63) is 73.5 Å². The number of hydrogen-bond donors (Lipinski definition) is 2. The van der Waals surface area contributed by atoms with Crippen molar-refractivity contribution in [1.82, 2.24) is 4.57 Å². The van der Waals surface area contributed by atoms with Gasteiger partial charge in [0.2, 0.25) is 0 Å². The first-order valence-corrected chi connectivity index (χ1v) is 11.2. The molecule has 0 aliphatic heterocycles. The fourth-order valence-corrected chi connectivity index (χ4v) is 4.60. The van der Waals surface area contributed by atoms with Gasteiger partial charge in [0.05, 0.1) is 22.7 Å². The van der Waals surface area contributed by atoms with Crippen LogP contribution in [0.3, 0.4) is 0 Å². The minimum absolute atomic E-state index is 0.0779. The predicted octanol–water partition coefficient (Wildman–Crippen LogP) is 4.20. The summed E-state index contributed by atoms with van der Waals surface area (Å²) < 4.78 is 35.8. The summed E-state index contributed by atoms with van der Waals surface area (Å²) >= 11 is 8.43. The molecule has 10 heteroatoms. The molecule has 0 unspecified atom stereocenters. The minimum Gasteiger partial charge on any atom is -0.494 e. The van der Waals surface area contributed by atoms with Gasteiger partial charge in [0, 0.05) is 16.7 Å². The Bertz CT molecular complexity index is 1210. The average molecular weight is 546 g/mol. The van der Waals surface area contributed by atoms with Gasteiger partial charge < -0.3 is 10.1 Å². The molecule has 0 fully saturated rings. The van der Waals surface area contributed by atoms with Crippen LogP contribution < -0.4 is 20.3 Å². The number of hydrogen-bond acceptors (Lipinski definition) is 5. The van der Waals surface area contributed by atoms with E-state index in [9.17, 15) is 13.2 Å². The zero-order valence-corrected chi connectivity index (χ0v) is 19.2. The summed E-state index contributed by atoms with van der Waals surface area (Å²) in [5.74, 6) is 0.272. The molecule has 3 rings (SSSR count). The molecule has 0 saturated heterocycles. The zero-order chi connectivity index (χ0) is 21.2. The van der Waals surface area contributed by atoms with Gasteiger partial charge in [-0.05, 0) is 52.9 Å². The van der Waals surface area contributed by atoms with E-state index >= 15 is 0 Å². The van der Waals surface area contributed by atoms with Gasteiger partial charge in [-0.3, -0.25) is 14.1 Å². The van der Waals surface area contributed by atoms with E-state index in [2.05, 4.69) is 32.6 Å². The minimum atomic E-state index is -3.93. The van der Waals surface area contributed by atoms with Crippen molar-refractivity contribution in [3.63, 3.8) is 0 Å². The summed E-state index contributed by atoms with van der Waals surface area (Å²) in [5, 5.41) is 3.47. The Labute approximate surface area is 186 Å². The molecule has 152 valence electrons. The summed E-state index contributed by atoms with van der Waals surface area (Å²) in [4.78, 5) is 12.4. The number of halogens is 2. The molecule has 0 radical (unpaired) electrons. The zero-order valence-electron chi connectivity index (χ0n) is 15.4. The van der Waals surface area contributed by atoms with Crippen LogP contribution in [-0.4, -0.2) is 20.1 Å². The number of aromatic nitrogens is 1. The maximum absolute atomic E-state index is 12.9. The van der Waals surface area contributed by atoms with E-state index in [1.54, 1.807) is 30.3 Å². The summed E-state index contributed by atoms with van der Waals surface area (Å²) in [7, 11) is -1.05. The highest BCUT2D eigenvalue weighted by Crippen LogP contribution is 2.36. The lowest BCUT2D eigenvalue weighted by molar-refractivity contribution is 0.415. The van der Waals surface area contributed by atoms with Crippen LogP contribution in [0, 0.1) is 3.57 Å². The van der Waals surface area contributed by atoms with Gasteiger partial charge in [-0.1, -0.05) is 29.8 Å². The molecule has 0 atom stereocenters. The summed E-state index contributed by atoms with van der Waals surface area (Å²) in [5.41, 5.74) is 0.220. The van der Waals surface area contributed by atoms with Crippen LogP contribution in [0.15, 0.2) is 64.3 Å². The number of pyridine rings is 1. The van der Waals surface area contributed by atoms with Gasteiger partial charge in [-0.2, -0.15) is 0 Å². The Morgan fingerprint density at radius 1 is 1.10 bits per heavy atom. The van der Waals surface area contributed by atoms with E-state index in [0.29, 0.717) is 10.7 Å². The highest BCUT2D eigenvalue weighted by Gasteiger charge is 2.22. The maximum Gasteiger partial charge on any atom is 0.262 e. The standard InChI is InChI=1S/C19H17ClIN3O4S/c1-24-17(25)11-16(28-2)18(23-29(26,27)13-6-4-3-5-7-13)19(24)22-15-9-8-12(21)10-14(15)20/h3-11,22-23H,1-2H3. The van der Waals surface area contributed by atoms with Gasteiger partial charge >= 0.3 is 0 Å². The lowest BCUT2D eigenvalue weighted by Crippen LogP contribution is -2.23. The van der Waals surface area contributed by atoms with Crippen molar-refractivity contribution in [1.29, 1.82) is 0 Å². The Morgan fingerprint density at radius 2 is 1.79 bits per heavy atom. The van der Waals surface area contributed by atoms with Gasteiger partial charge in [-0.15, -0.1) is 0 Å². The summed E-state index contributed by atoms with van der Waals surface area (Å²) in [6.07, 6.45) is 0. The normalized spacial score (nSPS) is 11.2. The van der Waals surface area contributed by atoms with E-state index < -0.39 is 10.0 Å². The fourth-order valence-electron chi connectivity index (χ4n) is 2.59. The van der Waals surface area contributed by atoms with Crippen LogP contribution in [0.2, 0.25) is 5.02 Å². The molecule has 0 aliphatic carbocycles. The summed E-state index contributed by atoms with van der Waals surface area (Å²) in [6.45, 7) is 0. The number of anilines is 3. The van der Waals surface area contributed by atoms with Gasteiger partial charge in [0.25, 0.3) is 15.6 Å². The number of sulfonamides is 1. The largest absolute Gasteiger partial charge is 0.494 e. The average Bonchev–Trinajstić information content (AvgIpc) is 2.69. The topological polar surface area (TPSA) is 89.4 Å². The van der Waals surface area contributed by atoms with Gasteiger partial charge in [0.15, 0.2) is 5.75 Å². The van der Waals surface area contributed by atoms with E-state index in [0.717, 1.165) is 3.57 Å². The molecule has 0 amide bonds. The SMILES string of the molecule is COc1cc(=O)n(C)c(Nc2ccc(I)cc2Cl)c1NS(=O)(=O)c1ccccc1. The van der Waals surface area contributed by atoms with Crippen molar-refractivity contribution in [2.24, 2.45) is 7.05 Å². The second-order valence-corrected chi connectivity index (χ2v) is 9.34. The van der Waals surface area contributed by atoms with Crippen LogP contribution in [0.25, 0.3) is 0 Å². The Balaban J connectivity index is 2.15. The highest BCUT2D eigenvalue weighted by atomic mass is 127. The number of ether oxygens (including phenoxy) is 1. The molecule has 0 aliphatic rings. The van der Waals surface area contributed by atoms with Crippen LogP contribution in [-0.2, 0) is 17.1 Å². The molecule has 7 nitrogen and oxygen atoms in total. The quantitative estimate of drug-likeness (QED) is 0.454.